The van der Waals surface area contributed by atoms with Gasteiger partial charge < -0.3 is 9.55 Å². The summed E-state index contributed by atoms with van der Waals surface area (Å²) in [5.41, 5.74) is 2.63. The zero-order valence-electron chi connectivity index (χ0n) is 12.2. The molecule has 0 aliphatic heterocycles. The van der Waals surface area contributed by atoms with E-state index in [2.05, 4.69) is 56.7 Å². The van der Waals surface area contributed by atoms with Crippen LogP contribution in [-0.2, 0) is 12.5 Å². The largest absolute Gasteiger partial charge is 0.355 e. The predicted molar refractivity (Wildman–Crippen MR) is 75.5 cm³/mol. The van der Waals surface area contributed by atoms with Gasteiger partial charge in [0.15, 0.2) is 5.82 Å². The first-order chi connectivity index (χ1) is 8.23. The van der Waals surface area contributed by atoms with E-state index in [9.17, 15) is 0 Å². The zero-order valence-corrected chi connectivity index (χ0v) is 12.2. The molecule has 0 unspecified atom stereocenters. The number of H-pyrrole nitrogens is 1. The first-order valence-electron chi connectivity index (χ1n) is 6.40. The molecular weight excluding hydrogens is 222 g/mol. The molecular formula is C15H23N3. The Morgan fingerprint density at radius 3 is 2.28 bits per heavy atom. The number of nitrogens with one attached hydrogen (secondary N) is 1. The average molecular weight is 245 g/mol. The lowest BCUT2D eigenvalue weighted by molar-refractivity contribution is 0.220. The molecule has 2 rings (SSSR count). The molecule has 0 fully saturated rings. The van der Waals surface area contributed by atoms with Gasteiger partial charge in [-0.2, -0.15) is 0 Å². The van der Waals surface area contributed by atoms with E-state index in [1.54, 1.807) is 0 Å². The molecule has 98 valence electrons. The topological polar surface area (TPSA) is 33.6 Å². The fourth-order valence-corrected chi connectivity index (χ4v) is 1.92. The third kappa shape index (κ3) is 1.98. The highest BCUT2D eigenvalue weighted by atomic mass is 15.1. The van der Waals surface area contributed by atoms with Crippen LogP contribution in [0.4, 0.5) is 0 Å². The first kappa shape index (κ1) is 12.9. The van der Waals surface area contributed by atoms with Crippen molar-refractivity contribution in [3.63, 3.8) is 0 Å². The SMILES string of the molecule is Cn1ccnc1-c1ccc(C(C)(C)C(C)(C)C)[nH]1. The van der Waals surface area contributed by atoms with E-state index in [1.807, 2.05) is 24.0 Å². The van der Waals surface area contributed by atoms with Gasteiger partial charge in [-0.1, -0.05) is 34.6 Å². The number of imidazole rings is 1. The summed E-state index contributed by atoms with van der Waals surface area (Å²) in [4.78, 5) is 7.90. The Morgan fingerprint density at radius 2 is 1.78 bits per heavy atom. The third-order valence-electron chi connectivity index (χ3n) is 4.30. The van der Waals surface area contributed by atoms with Crippen LogP contribution in [0, 0.1) is 5.41 Å². The maximum absolute atomic E-state index is 4.38. The Labute approximate surface area is 109 Å². The minimum Gasteiger partial charge on any atom is -0.355 e. The van der Waals surface area contributed by atoms with Crippen molar-refractivity contribution in [1.29, 1.82) is 0 Å². The van der Waals surface area contributed by atoms with Gasteiger partial charge in [-0.15, -0.1) is 0 Å². The number of aryl methyl sites for hydroxylation is 1. The number of aromatic amines is 1. The molecule has 3 nitrogen and oxygen atoms in total. The molecule has 0 bridgehead atoms. The normalized spacial score (nSPS) is 13.0. The van der Waals surface area contributed by atoms with Crippen LogP contribution in [0.3, 0.4) is 0 Å². The quantitative estimate of drug-likeness (QED) is 0.859. The van der Waals surface area contributed by atoms with Gasteiger partial charge >= 0.3 is 0 Å². The van der Waals surface area contributed by atoms with E-state index in [1.165, 1.54) is 5.69 Å². The van der Waals surface area contributed by atoms with Crippen LogP contribution in [0.25, 0.3) is 11.5 Å². The molecule has 0 radical (unpaired) electrons. The third-order valence-corrected chi connectivity index (χ3v) is 4.30. The van der Waals surface area contributed by atoms with Crippen LogP contribution in [0.5, 0.6) is 0 Å². The summed E-state index contributed by atoms with van der Waals surface area (Å²) in [6.45, 7) is 11.4. The fourth-order valence-electron chi connectivity index (χ4n) is 1.92. The molecule has 0 atom stereocenters. The average Bonchev–Trinajstić information content (AvgIpc) is 2.83. The van der Waals surface area contributed by atoms with Crippen molar-refractivity contribution < 1.29 is 0 Å². The summed E-state index contributed by atoms with van der Waals surface area (Å²) in [6.07, 6.45) is 3.79. The van der Waals surface area contributed by atoms with E-state index < -0.39 is 0 Å². The molecule has 0 saturated heterocycles. The van der Waals surface area contributed by atoms with Crippen LogP contribution < -0.4 is 0 Å². The van der Waals surface area contributed by atoms with Crippen molar-refractivity contribution in [1.82, 2.24) is 14.5 Å². The lowest BCUT2D eigenvalue weighted by Crippen LogP contribution is -2.34. The van der Waals surface area contributed by atoms with Crippen LogP contribution in [-0.4, -0.2) is 14.5 Å². The molecule has 0 saturated carbocycles. The van der Waals surface area contributed by atoms with Crippen molar-refractivity contribution in [2.45, 2.75) is 40.0 Å². The van der Waals surface area contributed by atoms with Crippen molar-refractivity contribution in [2.24, 2.45) is 12.5 Å². The number of aromatic nitrogens is 3. The van der Waals surface area contributed by atoms with E-state index in [0.29, 0.717) is 0 Å². The van der Waals surface area contributed by atoms with E-state index in [4.69, 9.17) is 0 Å². The van der Waals surface area contributed by atoms with Crippen molar-refractivity contribution in [3.05, 3.63) is 30.2 Å². The van der Waals surface area contributed by atoms with Gasteiger partial charge in [0.1, 0.15) is 0 Å². The fraction of sp³-hybridized carbons (Fsp3) is 0.533. The maximum atomic E-state index is 4.38. The molecule has 0 aliphatic rings. The van der Waals surface area contributed by atoms with Crippen LogP contribution in [0.1, 0.15) is 40.3 Å². The van der Waals surface area contributed by atoms with E-state index >= 15 is 0 Å². The summed E-state index contributed by atoms with van der Waals surface area (Å²) in [5.74, 6) is 0.978. The van der Waals surface area contributed by atoms with Gasteiger partial charge in [0.2, 0.25) is 0 Å². The number of hydrogen-bond acceptors (Lipinski definition) is 1. The van der Waals surface area contributed by atoms with Crippen molar-refractivity contribution >= 4 is 0 Å². The summed E-state index contributed by atoms with van der Waals surface area (Å²) < 4.78 is 2.03. The summed E-state index contributed by atoms with van der Waals surface area (Å²) in [6, 6.07) is 4.29. The number of nitrogens with zero attached hydrogens (tertiary/aromatic N) is 2. The molecule has 3 heteroatoms. The highest BCUT2D eigenvalue weighted by Gasteiger charge is 2.35. The Balaban J connectivity index is 2.41. The van der Waals surface area contributed by atoms with Gasteiger partial charge in [0.05, 0.1) is 5.69 Å². The van der Waals surface area contributed by atoms with Crippen LogP contribution >= 0.6 is 0 Å². The molecule has 2 heterocycles. The molecule has 2 aromatic heterocycles. The predicted octanol–water partition coefficient (Wildman–Crippen LogP) is 3.74. The Morgan fingerprint density at radius 1 is 1.11 bits per heavy atom. The summed E-state index contributed by atoms with van der Waals surface area (Å²) in [7, 11) is 2.01. The first-order valence-corrected chi connectivity index (χ1v) is 6.40. The molecule has 2 aromatic rings. The lowest BCUT2D eigenvalue weighted by atomic mass is 9.67. The van der Waals surface area contributed by atoms with Gasteiger partial charge in [-0.25, -0.2) is 4.98 Å². The molecule has 0 aliphatic carbocycles. The molecule has 1 N–H and O–H groups in total. The van der Waals surface area contributed by atoms with Gasteiger partial charge in [0, 0.05) is 30.6 Å². The van der Waals surface area contributed by atoms with Crippen LogP contribution in [0.2, 0.25) is 0 Å². The highest BCUT2D eigenvalue weighted by molar-refractivity contribution is 5.51. The molecule has 0 amide bonds. The number of rotatable bonds is 2. The van der Waals surface area contributed by atoms with Crippen molar-refractivity contribution in [3.8, 4) is 11.5 Å². The highest BCUT2D eigenvalue weighted by Crippen LogP contribution is 2.40. The summed E-state index contributed by atoms with van der Waals surface area (Å²) in [5, 5.41) is 0. The van der Waals surface area contributed by atoms with Gasteiger partial charge in [0.25, 0.3) is 0 Å². The molecule has 0 spiro atoms. The Hall–Kier alpha value is -1.51. The monoisotopic (exact) mass is 245 g/mol. The molecule has 0 aromatic carbocycles. The second-order valence-electron chi connectivity index (χ2n) is 6.52. The Bertz CT molecular complexity index is 538. The lowest BCUT2D eigenvalue weighted by Gasteiger charge is -2.38. The second kappa shape index (κ2) is 4.01. The minimum atomic E-state index is 0.0937. The molecule has 18 heavy (non-hydrogen) atoms. The number of hydrogen-bond donors (Lipinski definition) is 1. The van der Waals surface area contributed by atoms with Gasteiger partial charge in [-0.3, -0.25) is 0 Å². The standard InChI is InChI=1S/C15H23N3/c1-14(2,3)15(4,5)12-8-7-11(17-12)13-16-9-10-18(13)6/h7-10,17H,1-6H3. The maximum Gasteiger partial charge on any atom is 0.156 e. The zero-order chi connectivity index (χ0) is 13.6. The van der Waals surface area contributed by atoms with Crippen LogP contribution in [0.15, 0.2) is 24.5 Å². The van der Waals surface area contributed by atoms with Gasteiger partial charge in [-0.05, 0) is 17.5 Å². The minimum absolute atomic E-state index is 0.0937. The second-order valence-corrected chi connectivity index (χ2v) is 6.52. The summed E-state index contributed by atoms with van der Waals surface area (Å²) >= 11 is 0. The van der Waals surface area contributed by atoms with E-state index in [-0.39, 0.29) is 10.8 Å². The smallest absolute Gasteiger partial charge is 0.156 e. The van der Waals surface area contributed by atoms with E-state index in [0.717, 1.165) is 11.5 Å². The van der Waals surface area contributed by atoms with Crippen molar-refractivity contribution in [2.75, 3.05) is 0 Å². The Kier molecular flexibility index (Phi) is 2.88.